The fourth-order valence-electron chi connectivity index (χ4n) is 4.45. The van der Waals surface area contributed by atoms with Crippen molar-refractivity contribution in [2.75, 3.05) is 32.8 Å². The first-order valence-electron chi connectivity index (χ1n) is 10.9. The van der Waals surface area contributed by atoms with Gasteiger partial charge in [0.1, 0.15) is 0 Å². The van der Waals surface area contributed by atoms with Gasteiger partial charge in [-0.3, -0.25) is 14.4 Å². The number of carbonyl (C=O) groups excluding carboxylic acids is 1. The maximum Gasteiger partial charge on any atom is 0.234 e. The first-order valence-corrected chi connectivity index (χ1v) is 10.9. The van der Waals surface area contributed by atoms with Crippen LogP contribution in [0.5, 0.6) is 0 Å². The molecule has 162 valence electrons. The van der Waals surface area contributed by atoms with Crippen molar-refractivity contribution in [2.45, 2.75) is 46.1 Å². The second-order valence-corrected chi connectivity index (χ2v) is 8.32. The van der Waals surface area contributed by atoms with E-state index in [1.165, 1.54) is 5.56 Å². The molecule has 4 rings (SSSR count). The first-order chi connectivity index (χ1) is 14.6. The number of rotatable bonds is 7. The first kappa shape index (κ1) is 21.0. The molecule has 0 radical (unpaired) electrons. The number of nitrogens with zero attached hydrogens (tertiary/aromatic N) is 3. The van der Waals surface area contributed by atoms with Crippen molar-refractivity contribution in [2.24, 2.45) is 5.92 Å². The summed E-state index contributed by atoms with van der Waals surface area (Å²) in [4.78, 5) is 14.8. The highest BCUT2D eigenvalue weighted by atomic mass is 16.7. The number of ether oxygens (including phenoxy) is 2. The maximum absolute atomic E-state index is 12.6. The number of likely N-dealkylation sites (tertiary alicyclic amines) is 1. The molecule has 3 heterocycles. The van der Waals surface area contributed by atoms with Gasteiger partial charge in [0.15, 0.2) is 6.29 Å². The van der Waals surface area contributed by atoms with Crippen LogP contribution in [0.4, 0.5) is 0 Å². The minimum atomic E-state index is -0.100. The topological polar surface area (TPSA) is 68.6 Å². The molecule has 1 amide bonds. The number of piperidine rings is 1. The van der Waals surface area contributed by atoms with E-state index in [-0.39, 0.29) is 12.2 Å². The van der Waals surface area contributed by atoms with Crippen LogP contribution in [0.3, 0.4) is 0 Å². The van der Waals surface area contributed by atoms with Gasteiger partial charge in [-0.2, -0.15) is 5.10 Å². The van der Waals surface area contributed by atoms with Crippen molar-refractivity contribution in [3.8, 4) is 0 Å². The third-order valence-corrected chi connectivity index (χ3v) is 6.11. The normalized spacial score (nSPS) is 20.5. The van der Waals surface area contributed by atoms with Gasteiger partial charge < -0.3 is 14.8 Å². The van der Waals surface area contributed by atoms with Crippen LogP contribution in [0.1, 0.15) is 35.4 Å². The van der Waals surface area contributed by atoms with Gasteiger partial charge >= 0.3 is 0 Å². The Bertz CT molecular complexity index is 846. The molecule has 2 aliphatic heterocycles. The average Bonchev–Trinajstić information content (AvgIpc) is 3.37. The number of aromatic nitrogens is 2. The molecule has 0 spiro atoms. The lowest BCUT2D eigenvalue weighted by Gasteiger charge is -2.34. The summed E-state index contributed by atoms with van der Waals surface area (Å²) in [6, 6.07) is 10.3. The number of nitrogens with one attached hydrogen (secondary N) is 1. The lowest BCUT2D eigenvalue weighted by molar-refractivity contribution is -0.125. The molecule has 2 aliphatic rings. The van der Waals surface area contributed by atoms with Crippen molar-refractivity contribution in [1.29, 1.82) is 0 Å². The van der Waals surface area contributed by atoms with Crippen molar-refractivity contribution in [1.82, 2.24) is 20.0 Å². The van der Waals surface area contributed by atoms with Crippen LogP contribution in [-0.2, 0) is 27.4 Å². The van der Waals surface area contributed by atoms with E-state index in [0.29, 0.717) is 32.2 Å². The zero-order valence-corrected chi connectivity index (χ0v) is 18.0. The molecule has 7 heteroatoms. The van der Waals surface area contributed by atoms with Gasteiger partial charge in [0, 0.05) is 30.3 Å². The van der Waals surface area contributed by atoms with E-state index in [1.807, 2.05) is 29.8 Å². The van der Waals surface area contributed by atoms with Gasteiger partial charge in [-0.15, -0.1) is 0 Å². The molecular formula is C23H32N4O3. The lowest BCUT2D eigenvalue weighted by atomic mass is 9.97. The van der Waals surface area contributed by atoms with Gasteiger partial charge in [-0.05, 0) is 38.8 Å². The van der Waals surface area contributed by atoms with Gasteiger partial charge in [-0.25, -0.2) is 0 Å². The molecule has 1 atom stereocenters. The van der Waals surface area contributed by atoms with Crippen LogP contribution < -0.4 is 5.32 Å². The molecule has 1 unspecified atom stereocenters. The molecule has 2 fully saturated rings. The highest BCUT2D eigenvalue weighted by Crippen LogP contribution is 2.24. The van der Waals surface area contributed by atoms with Crippen molar-refractivity contribution < 1.29 is 14.3 Å². The van der Waals surface area contributed by atoms with Crippen LogP contribution in [0, 0.1) is 19.8 Å². The second kappa shape index (κ2) is 9.73. The summed E-state index contributed by atoms with van der Waals surface area (Å²) >= 11 is 0. The minimum absolute atomic E-state index is 0.0542. The predicted octanol–water partition coefficient (Wildman–Crippen LogP) is 2.25. The zero-order chi connectivity index (χ0) is 20.9. The Balaban J connectivity index is 1.29. The summed E-state index contributed by atoms with van der Waals surface area (Å²) in [5, 5.41) is 7.77. The van der Waals surface area contributed by atoms with Gasteiger partial charge in [0.2, 0.25) is 5.91 Å². The number of aryl methyl sites for hydroxylation is 1. The molecule has 0 aliphatic carbocycles. The molecule has 0 saturated carbocycles. The Morgan fingerprint density at radius 1 is 1.20 bits per heavy atom. The maximum atomic E-state index is 12.6. The predicted molar refractivity (Wildman–Crippen MR) is 114 cm³/mol. The molecule has 1 N–H and O–H groups in total. The smallest absolute Gasteiger partial charge is 0.234 e. The van der Waals surface area contributed by atoms with Crippen LogP contribution in [-0.4, -0.2) is 59.7 Å². The largest absolute Gasteiger partial charge is 0.351 e. The molecule has 2 aromatic rings. The standard InChI is InChI=1S/C23H32N4O3/c1-17-21(18(2)27(25-17)14-19-7-4-3-5-8-19)13-24-22(28)16-26-10-6-9-20(15-26)23-29-11-12-30-23/h3-5,7-8,20,23H,6,9-16H2,1-2H3,(H,24,28). The Hall–Kier alpha value is -2.22. The average molecular weight is 413 g/mol. The number of benzene rings is 1. The van der Waals surface area contributed by atoms with Crippen LogP contribution in [0.2, 0.25) is 0 Å². The molecule has 2 saturated heterocycles. The van der Waals surface area contributed by atoms with Crippen LogP contribution in [0.15, 0.2) is 30.3 Å². The summed E-state index contributed by atoms with van der Waals surface area (Å²) in [6.45, 7) is 8.90. The van der Waals surface area contributed by atoms with Crippen molar-refractivity contribution >= 4 is 5.91 Å². The fourth-order valence-corrected chi connectivity index (χ4v) is 4.45. The van der Waals surface area contributed by atoms with E-state index >= 15 is 0 Å². The van der Waals surface area contributed by atoms with Gasteiger partial charge in [0.05, 0.1) is 32.0 Å². The Morgan fingerprint density at radius 3 is 2.73 bits per heavy atom. The van der Waals surface area contributed by atoms with E-state index in [4.69, 9.17) is 9.47 Å². The van der Waals surface area contributed by atoms with Crippen molar-refractivity contribution in [3.63, 3.8) is 0 Å². The minimum Gasteiger partial charge on any atom is -0.351 e. The van der Waals surface area contributed by atoms with E-state index in [9.17, 15) is 4.79 Å². The number of hydrogen-bond acceptors (Lipinski definition) is 5. The van der Waals surface area contributed by atoms with E-state index in [2.05, 4.69) is 34.4 Å². The summed E-state index contributed by atoms with van der Waals surface area (Å²) in [6.07, 6.45) is 2.07. The Kier molecular flexibility index (Phi) is 6.82. The quantitative estimate of drug-likeness (QED) is 0.756. The van der Waals surface area contributed by atoms with Crippen molar-refractivity contribution in [3.05, 3.63) is 52.8 Å². The summed E-state index contributed by atoms with van der Waals surface area (Å²) in [7, 11) is 0. The fraction of sp³-hybridized carbons (Fsp3) is 0.565. The summed E-state index contributed by atoms with van der Waals surface area (Å²) < 4.78 is 13.3. The number of amides is 1. The molecule has 7 nitrogen and oxygen atoms in total. The SMILES string of the molecule is Cc1nn(Cc2ccccc2)c(C)c1CNC(=O)CN1CCCC(C2OCCO2)C1. The monoisotopic (exact) mass is 412 g/mol. The summed E-state index contributed by atoms with van der Waals surface area (Å²) in [5.41, 5.74) is 4.39. The van der Waals surface area contributed by atoms with Gasteiger partial charge in [0.25, 0.3) is 0 Å². The Morgan fingerprint density at radius 2 is 1.97 bits per heavy atom. The number of hydrogen-bond donors (Lipinski definition) is 1. The highest BCUT2D eigenvalue weighted by molar-refractivity contribution is 5.78. The van der Waals surface area contributed by atoms with Crippen LogP contribution >= 0.6 is 0 Å². The molecule has 30 heavy (non-hydrogen) atoms. The van der Waals surface area contributed by atoms with E-state index in [1.54, 1.807) is 0 Å². The lowest BCUT2D eigenvalue weighted by Crippen LogP contribution is -2.45. The van der Waals surface area contributed by atoms with Crippen LogP contribution in [0.25, 0.3) is 0 Å². The molecule has 0 bridgehead atoms. The Labute approximate surface area is 178 Å². The second-order valence-electron chi connectivity index (χ2n) is 8.32. The zero-order valence-electron chi connectivity index (χ0n) is 18.0. The number of carbonyl (C=O) groups is 1. The summed E-state index contributed by atoms with van der Waals surface area (Å²) in [5.74, 6) is 0.410. The highest BCUT2D eigenvalue weighted by Gasteiger charge is 2.31. The third kappa shape index (κ3) is 5.09. The molecule has 1 aromatic heterocycles. The van der Waals surface area contributed by atoms with E-state index in [0.717, 1.165) is 49.4 Å². The van der Waals surface area contributed by atoms with E-state index < -0.39 is 0 Å². The van der Waals surface area contributed by atoms with Gasteiger partial charge in [-0.1, -0.05) is 30.3 Å². The molecular weight excluding hydrogens is 380 g/mol. The molecule has 1 aromatic carbocycles. The third-order valence-electron chi connectivity index (χ3n) is 6.11.